The highest BCUT2D eigenvalue weighted by Gasteiger charge is 2.59. The Balaban J connectivity index is 0.000000286. The number of hydrogen-bond acceptors (Lipinski definition) is 6. The third kappa shape index (κ3) is 9.32. The molecule has 1 unspecified atom stereocenters. The molecule has 4 rings (SSSR count). The second-order valence-corrected chi connectivity index (χ2v) is 10.4. The monoisotopic (exact) mass is 569 g/mol. The molecule has 2 aliphatic heterocycles. The number of hydrogen-bond donors (Lipinski definition) is 2. The fraction of sp³-hybridized carbons (Fsp3) is 0.762. The molecule has 3 fully saturated rings. The number of piperidine rings is 1. The van der Waals surface area contributed by atoms with Gasteiger partial charge in [-0.2, -0.15) is 26.3 Å². The lowest BCUT2D eigenvalue weighted by molar-refractivity contribution is -0.193. The van der Waals surface area contributed by atoms with Gasteiger partial charge >= 0.3 is 24.3 Å². The number of likely N-dealkylation sites (tertiary alicyclic amines) is 2. The Kier molecular flexibility index (Phi) is 9.90. The predicted molar refractivity (Wildman–Crippen MR) is 115 cm³/mol. The van der Waals surface area contributed by atoms with Crippen molar-refractivity contribution in [3.63, 3.8) is 0 Å². The lowest BCUT2D eigenvalue weighted by Gasteiger charge is -2.46. The fourth-order valence-electron chi connectivity index (χ4n) is 4.24. The Hall–Kier alpha value is -2.07. The van der Waals surface area contributed by atoms with Crippen molar-refractivity contribution in [1.82, 2.24) is 14.8 Å². The van der Waals surface area contributed by atoms with Crippen molar-refractivity contribution < 1.29 is 54.9 Å². The Morgan fingerprint density at radius 1 is 1.00 bits per heavy atom. The van der Waals surface area contributed by atoms with Crippen molar-refractivity contribution in [3.05, 3.63) is 16.1 Å². The van der Waals surface area contributed by atoms with Crippen molar-refractivity contribution >= 4 is 23.3 Å². The minimum absolute atomic E-state index is 0.0311. The zero-order chi connectivity index (χ0) is 28.2. The van der Waals surface area contributed by atoms with E-state index in [9.17, 15) is 35.1 Å². The highest BCUT2D eigenvalue weighted by atomic mass is 32.1. The third-order valence-electron chi connectivity index (χ3n) is 6.23. The van der Waals surface area contributed by atoms with Crippen LogP contribution in [0, 0.1) is 18.3 Å². The summed E-state index contributed by atoms with van der Waals surface area (Å²) in [6, 6.07) is 0. The van der Waals surface area contributed by atoms with E-state index in [2.05, 4.69) is 20.2 Å². The van der Waals surface area contributed by atoms with Gasteiger partial charge in [-0.25, -0.2) is 23.4 Å². The molecule has 3 aliphatic rings. The molecule has 1 aromatic rings. The van der Waals surface area contributed by atoms with Gasteiger partial charge in [-0.3, -0.25) is 4.90 Å². The molecule has 0 amide bonds. The predicted octanol–water partition coefficient (Wildman–Crippen LogP) is 4.66. The molecular formula is C21H27F8N3O4S. The summed E-state index contributed by atoms with van der Waals surface area (Å²) >= 11 is 1.63. The van der Waals surface area contributed by atoms with Gasteiger partial charge in [-0.15, -0.1) is 11.3 Å². The van der Waals surface area contributed by atoms with Crippen LogP contribution in [0.15, 0.2) is 5.38 Å². The van der Waals surface area contributed by atoms with Gasteiger partial charge in [0.1, 0.15) is 0 Å². The van der Waals surface area contributed by atoms with E-state index in [1.165, 1.54) is 12.8 Å². The molecule has 7 nitrogen and oxygen atoms in total. The Bertz CT molecular complexity index is 912. The molecule has 0 aromatic carbocycles. The molecular weight excluding hydrogens is 542 g/mol. The summed E-state index contributed by atoms with van der Waals surface area (Å²) in [5.74, 6) is -7.27. The fourth-order valence-corrected chi connectivity index (χ4v) is 4.84. The summed E-state index contributed by atoms with van der Waals surface area (Å²) in [6.07, 6.45) is -6.95. The Morgan fingerprint density at radius 2 is 1.49 bits per heavy atom. The lowest BCUT2D eigenvalue weighted by Crippen LogP contribution is -2.57. The minimum atomic E-state index is -5.08. The number of carbonyl (C=O) groups is 2. The number of aromatic nitrogens is 1. The molecule has 1 atom stereocenters. The van der Waals surface area contributed by atoms with Gasteiger partial charge in [0.2, 0.25) is 0 Å². The van der Waals surface area contributed by atoms with E-state index >= 15 is 0 Å². The van der Waals surface area contributed by atoms with Crippen molar-refractivity contribution in [3.8, 4) is 0 Å². The smallest absolute Gasteiger partial charge is 0.475 e. The van der Waals surface area contributed by atoms with E-state index in [4.69, 9.17) is 19.8 Å². The normalized spacial score (nSPS) is 24.1. The van der Waals surface area contributed by atoms with Gasteiger partial charge in [-0.05, 0) is 38.6 Å². The summed E-state index contributed by atoms with van der Waals surface area (Å²) < 4.78 is 93.0. The Labute approximate surface area is 211 Å². The molecule has 3 heterocycles. The van der Waals surface area contributed by atoms with E-state index in [0.717, 1.165) is 29.7 Å². The van der Waals surface area contributed by atoms with Crippen LogP contribution in [-0.4, -0.2) is 87.9 Å². The molecule has 2 saturated heterocycles. The molecule has 0 bridgehead atoms. The highest BCUT2D eigenvalue weighted by molar-refractivity contribution is 7.09. The molecule has 1 spiro atoms. The van der Waals surface area contributed by atoms with E-state index < -0.39 is 35.6 Å². The van der Waals surface area contributed by atoms with Gasteiger partial charge < -0.3 is 15.1 Å². The zero-order valence-corrected chi connectivity index (χ0v) is 20.5. The van der Waals surface area contributed by atoms with Crippen molar-refractivity contribution in [2.75, 3.05) is 32.7 Å². The summed E-state index contributed by atoms with van der Waals surface area (Å²) in [7, 11) is 0. The first-order chi connectivity index (χ1) is 16.8. The summed E-state index contributed by atoms with van der Waals surface area (Å²) in [6.45, 7) is 6.15. The van der Waals surface area contributed by atoms with Gasteiger partial charge in [-0.1, -0.05) is 0 Å². The Morgan fingerprint density at radius 3 is 1.92 bits per heavy atom. The molecule has 1 aromatic heterocycles. The van der Waals surface area contributed by atoms with E-state index in [0.29, 0.717) is 32.6 Å². The first-order valence-corrected chi connectivity index (χ1v) is 12.1. The standard InChI is InChI=1S/C17H25F2N3S.2C2HF3O2/c1-13-20-15(10-23-13)9-22-6-4-16(12-22)11-21(8-14-2-3-14)7-5-17(16,18)19;2*3-2(4,5)1(6)7/h10,14H,2-9,11-12H2,1H3;2*(H,6,7). The number of carboxylic acids is 2. The zero-order valence-electron chi connectivity index (χ0n) is 19.7. The van der Waals surface area contributed by atoms with Crippen LogP contribution < -0.4 is 0 Å². The maximum absolute atomic E-state index is 14.7. The number of carboxylic acid groups (broad SMARTS) is 2. The number of aryl methyl sites for hydroxylation is 1. The van der Waals surface area contributed by atoms with E-state index in [1.54, 1.807) is 11.3 Å². The average Bonchev–Trinajstić information content (AvgIpc) is 3.33. The number of nitrogens with zero attached hydrogens (tertiary/aromatic N) is 3. The molecule has 37 heavy (non-hydrogen) atoms. The average molecular weight is 570 g/mol. The van der Waals surface area contributed by atoms with Crippen LogP contribution in [0.1, 0.15) is 36.4 Å². The van der Waals surface area contributed by atoms with Crippen molar-refractivity contribution in [2.24, 2.45) is 11.3 Å². The number of halogens is 8. The van der Waals surface area contributed by atoms with E-state index in [-0.39, 0.29) is 6.42 Å². The SMILES string of the molecule is Cc1nc(CN2CCC3(C2)CN(CC2CC2)CCC3(F)F)cs1.O=C(O)C(F)(F)F.O=C(O)C(F)(F)F. The molecule has 212 valence electrons. The lowest BCUT2D eigenvalue weighted by atomic mass is 9.75. The largest absolute Gasteiger partial charge is 0.490 e. The topological polar surface area (TPSA) is 94.0 Å². The van der Waals surface area contributed by atoms with Crippen LogP contribution in [-0.2, 0) is 16.1 Å². The molecule has 2 N–H and O–H groups in total. The van der Waals surface area contributed by atoms with Gasteiger partial charge in [0.05, 0.1) is 16.1 Å². The van der Waals surface area contributed by atoms with Crippen LogP contribution in [0.4, 0.5) is 35.1 Å². The van der Waals surface area contributed by atoms with Gasteiger partial charge in [0.25, 0.3) is 5.92 Å². The molecule has 0 radical (unpaired) electrons. The van der Waals surface area contributed by atoms with Crippen LogP contribution in [0.25, 0.3) is 0 Å². The van der Waals surface area contributed by atoms with Crippen molar-refractivity contribution in [1.29, 1.82) is 0 Å². The van der Waals surface area contributed by atoms with Crippen LogP contribution in [0.5, 0.6) is 0 Å². The maximum atomic E-state index is 14.7. The van der Waals surface area contributed by atoms with E-state index in [1.807, 2.05) is 6.92 Å². The first kappa shape index (κ1) is 31.1. The summed E-state index contributed by atoms with van der Waals surface area (Å²) in [5, 5.41) is 17.4. The van der Waals surface area contributed by atoms with Crippen LogP contribution >= 0.6 is 11.3 Å². The minimum Gasteiger partial charge on any atom is -0.475 e. The number of alkyl halides is 8. The first-order valence-electron chi connectivity index (χ1n) is 11.2. The number of aliphatic carboxylic acids is 2. The second kappa shape index (κ2) is 11.8. The number of thiazole rings is 1. The quantitative estimate of drug-likeness (QED) is 0.510. The van der Waals surface area contributed by atoms with Gasteiger partial charge in [0.15, 0.2) is 0 Å². The molecule has 1 saturated carbocycles. The van der Waals surface area contributed by atoms with Crippen molar-refractivity contribution in [2.45, 2.75) is 57.4 Å². The molecule has 16 heteroatoms. The third-order valence-corrected chi connectivity index (χ3v) is 7.05. The summed E-state index contributed by atoms with van der Waals surface area (Å²) in [4.78, 5) is 26.8. The molecule has 1 aliphatic carbocycles. The van der Waals surface area contributed by atoms with Crippen LogP contribution in [0.2, 0.25) is 0 Å². The van der Waals surface area contributed by atoms with Gasteiger partial charge in [0, 0.05) is 44.5 Å². The summed E-state index contributed by atoms with van der Waals surface area (Å²) in [5.41, 5.74) is 0.184. The van der Waals surface area contributed by atoms with Crippen LogP contribution in [0.3, 0.4) is 0 Å². The maximum Gasteiger partial charge on any atom is 0.490 e. The number of rotatable bonds is 4. The second-order valence-electron chi connectivity index (χ2n) is 9.34. The highest BCUT2D eigenvalue weighted by Crippen LogP contribution is 2.50.